The van der Waals surface area contributed by atoms with Crippen LogP contribution in [0.15, 0.2) is 0 Å². The van der Waals surface area contributed by atoms with Gasteiger partial charge in [-0.3, -0.25) is 0 Å². The lowest BCUT2D eigenvalue weighted by Crippen LogP contribution is -2.57. The Hall–Kier alpha value is -1.26. The van der Waals surface area contributed by atoms with Crippen molar-refractivity contribution < 1.29 is 14.7 Å². The van der Waals surface area contributed by atoms with E-state index in [4.69, 9.17) is 0 Å². The van der Waals surface area contributed by atoms with Gasteiger partial charge in [0.2, 0.25) is 0 Å². The fourth-order valence-electron chi connectivity index (χ4n) is 3.98. The number of likely N-dealkylation sites (tertiary alicyclic amines) is 1. The number of amides is 2. The maximum absolute atomic E-state index is 12.8. The SMILES string of the molecule is CCCC1(C(=O)O)CCCN1C(=O)N(C)C1CCCCC1. The largest absolute Gasteiger partial charge is 0.479 e. The summed E-state index contributed by atoms with van der Waals surface area (Å²) in [5.74, 6) is -0.841. The molecular formula is C16H28N2O3. The predicted molar refractivity (Wildman–Crippen MR) is 81.2 cm³/mol. The van der Waals surface area contributed by atoms with E-state index in [1.807, 2.05) is 14.0 Å². The van der Waals surface area contributed by atoms with E-state index in [-0.39, 0.29) is 12.1 Å². The average Bonchev–Trinajstić information content (AvgIpc) is 2.92. The molecule has 1 atom stereocenters. The molecule has 2 aliphatic rings. The molecule has 2 rings (SSSR count). The highest BCUT2D eigenvalue weighted by atomic mass is 16.4. The summed E-state index contributed by atoms with van der Waals surface area (Å²) in [6.07, 6.45) is 8.38. The number of hydrogen-bond acceptors (Lipinski definition) is 2. The second kappa shape index (κ2) is 6.67. The zero-order chi connectivity index (χ0) is 15.5. The van der Waals surface area contributed by atoms with Crippen molar-refractivity contribution >= 4 is 12.0 Å². The standard InChI is InChI=1S/C16H28N2O3/c1-3-10-16(14(19)20)11-7-12-18(16)15(21)17(2)13-8-5-4-6-9-13/h13H,3-12H2,1-2H3,(H,19,20). The first-order chi connectivity index (χ1) is 10.0. The van der Waals surface area contributed by atoms with Crippen molar-refractivity contribution in [1.29, 1.82) is 0 Å². The second-order valence-electron chi connectivity index (χ2n) is 6.53. The van der Waals surface area contributed by atoms with E-state index >= 15 is 0 Å². The van der Waals surface area contributed by atoms with Gasteiger partial charge in [0.25, 0.3) is 0 Å². The van der Waals surface area contributed by atoms with E-state index in [9.17, 15) is 14.7 Å². The molecule has 1 heterocycles. The third kappa shape index (κ3) is 3.01. The number of rotatable bonds is 4. The predicted octanol–water partition coefficient (Wildman–Crippen LogP) is 3.09. The van der Waals surface area contributed by atoms with Crippen molar-refractivity contribution in [1.82, 2.24) is 9.80 Å². The van der Waals surface area contributed by atoms with E-state index in [0.717, 1.165) is 25.7 Å². The van der Waals surface area contributed by atoms with Crippen molar-refractivity contribution in [2.24, 2.45) is 0 Å². The first kappa shape index (κ1) is 16.1. The smallest absolute Gasteiger partial charge is 0.329 e. The molecule has 0 bridgehead atoms. The summed E-state index contributed by atoms with van der Waals surface area (Å²) < 4.78 is 0. The van der Waals surface area contributed by atoms with Crippen molar-refractivity contribution in [3.05, 3.63) is 0 Å². The quantitative estimate of drug-likeness (QED) is 0.867. The van der Waals surface area contributed by atoms with Crippen LogP contribution in [0.3, 0.4) is 0 Å². The highest BCUT2D eigenvalue weighted by Gasteiger charge is 2.50. The number of urea groups is 1. The van der Waals surface area contributed by atoms with Crippen LogP contribution in [0.25, 0.3) is 0 Å². The van der Waals surface area contributed by atoms with E-state index in [1.165, 1.54) is 19.3 Å². The van der Waals surface area contributed by atoms with Crippen LogP contribution >= 0.6 is 0 Å². The third-order valence-corrected chi connectivity index (χ3v) is 5.21. The number of nitrogens with zero attached hydrogens (tertiary/aromatic N) is 2. The monoisotopic (exact) mass is 296 g/mol. The fraction of sp³-hybridized carbons (Fsp3) is 0.875. The number of carbonyl (C=O) groups is 2. The van der Waals surface area contributed by atoms with E-state index < -0.39 is 11.5 Å². The van der Waals surface area contributed by atoms with Gasteiger partial charge >= 0.3 is 12.0 Å². The molecule has 0 spiro atoms. The Morgan fingerprint density at radius 2 is 1.90 bits per heavy atom. The average molecular weight is 296 g/mol. The van der Waals surface area contributed by atoms with Gasteiger partial charge in [-0.15, -0.1) is 0 Å². The Morgan fingerprint density at radius 1 is 1.24 bits per heavy atom. The summed E-state index contributed by atoms with van der Waals surface area (Å²) in [5.41, 5.74) is -0.977. The first-order valence-corrected chi connectivity index (χ1v) is 8.31. The van der Waals surface area contributed by atoms with E-state index in [0.29, 0.717) is 19.4 Å². The molecular weight excluding hydrogens is 268 g/mol. The van der Waals surface area contributed by atoms with Gasteiger partial charge in [-0.2, -0.15) is 0 Å². The molecule has 5 heteroatoms. The molecule has 2 fully saturated rings. The van der Waals surface area contributed by atoms with Crippen LogP contribution in [-0.2, 0) is 4.79 Å². The summed E-state index contributed by atoms with van der Waals surface area (Å²) >= 11 is 0. The third-order valence-electron chi connectivity index (χ3n) is 5.21. The Balaban J connectivity index is 2.13. The van der Waals surface area contributed by atoms with Crippen molar-refractivity contribution in [2.45, 2.75) is 76.3 Å². The number of carboxylic acids is 1. The molecule has 1 N–H and O–H groups in total. The van der Waals surface area contributed by atoms with Gasteiger partial charge in [0.15, 0.2) is 0 Å². The minimum Gasteiger partial charge on any atom is -0.479 e. The molecule has 1 aliphatic heterocycles. The first-order valence-electron chi connectivity index (χ1n) is 8.31. The van der Waals surface area contributed by atoms with Crippen LogP contribution in [0.2, 0.25) is 0 Å². The molecule has 0 aromatic carbocycles. The lowest BCUT2D eigenvalue weighted by molar-refractivity contribution is -0.149. The molecule has 1 saturated heterocycles. The molecule has 2 amide bonds. The van der Waals surface area contributed by atoms with Crippen LogP contribution in [0.4, 0.5) is 4.79 Å². The zero-order valence-corrected chi connectivity index (χ0v) is 13.3. The van der Waals surface area contributed by atoms with Crippen LogP contribution in [0.1, 0.15) is 64.7 Å². The Labute approximate surface area is 127 Å². The number of aliphatic carboxylic acids is 1. The Bertz CT molecular complexity index is 393. The minimum absolute atomic E-state index is 0.0877. The highest BCUT2D eigenvalue weighted by Crippen LogP contribution is 2.35. The van der Waals surface area contributed by atoms with Crippen LogP contribution in [0.5, 0.6) is 0 Å². The normalized spacial score (nSPS) is 26.9. The molecule has 5 nitrogen and oxygen atoms in total. The van der Waals surface area contributed by atoms with Gasteiger partial charge in [0.05, 0.1) is 0 Å². The summed E-state index contributed by atoms with van der Waals surface area (Å²) in [6.45, 7) is 2.55. The number of carboxylic acid groups (broad SMARTS) is 1. The summed E-state index contributed by atoms with van der Waals surface area (Å²) in [5, 5.41) is 9.69. The maximum Gasteiger partial charge on any atom is 0.329 e. The zero-order valence-electron chi connectivity index (χ0n) is 13.3. The van der Waals surface area contributed by atoms with Crippen molar-refractivity contribution in [2.75, 3.05) is 13.6 Å². The summed E-state index contributed by atoms with van der Waals surface area (Å²) in [6, 6.07) is 0.190. The fourth-order valence-corrected chi connectivity index (χ4v) is 3.98. The minimum atomic E-state index is -0.977. The molecule has 0 aromatic rings. The van der Waals surface area contributed by atoms with E-state index in [1.54, 1.807) is 9.80 Å². The molecule has 1 saturated carbocycles. The number of hydrogen-bond donors (Lipinski definition) is 1. The van der Waals surface area contributed by atoms with Gasteiger partial charge in [-0.25, -0.2) is 9.59 Å². The lowest BCUT2D eigenvalue weighted by Gasteiger charge is -2.40. The van der Waals surface area contributed by atoms with Crippen LogP contribution < -0.4 is 0 Å². The number of carbonyl (C=O) groups excluding carboxylic acids is 1. The van der Waals surface area contributed by atoms with Crippen molar-refractivity contribution in [3.63, 3.8) is 0 Å². The molecule has 0 radical (unpaired) electrons. The maximum atomic E-state index is 12.8. The Morgan fingerprint density at radius 3 is 2.48 bits per heavy atom. The Kier molecular flexibility index (Phi) is 5.12. The van der Waals surface area contributed by atoms with E-state index in [2.05, 4.69) is 0 Å². The van der Waals surface area contributed by atoms with Gasteiger partial charge in [0, 0.05) is 19.6 Å². The molecule has 0 aromatic heterocycles. The van der Waals surface area contributed by atoms with Gasteiger partial charge in [0.1, 0.15) is 5.54 Å². The molecule has 21 heavy (non-hydrogen) atoms. The molecule has 1 aliphatic carbocycles. The topological polar surface area (TPSA) is 60.9 Å². The highest BCUT2D eigenvalue weighted by molar-refractivity contribution is 5.87. The second-order valence-corrected chi connectivity index (χ2v) is 6.53. The summed E-state index contributed by atoms with van der Waals surface area (Å²) in [7, 11) is 1.84. The van der Waals surface area contributed by atoms with Crippen molar-refractivity contribution in [3.8, 4) is 0 Å². The van der Waals surface area contributed by atoms with Gasteiger partial charge in [-0.05, 0) is 32.1 Å². The molecule has 1 unspecified atom stereocenters. The van der Waals surface area contributed by atoms with Gasteiger partial charge < -0.3 is 14.9 Å². The van der Waals surface area contributed by atoms with Crippen LogP contribution in [0, 0.1) is 0 Å². The summed E-state index contributed by atoms with van der Waals surface area (Å²) in [4.78, 5) is 28.1. The van der Waals surface area contributed by atoms with Crippen LogP contribution in [-0.4, -0.2) is 52.1 Å². The molecule has 120 valence electrons. The van der Waals surface area contributed by atoms with Gasteiger partial charge in [-0.1, -0.05) is 32.6 Å². The lowest BCUT2D eigenvalue weighted by atomic mass is 9.90.